The van der Waals surface area contributed by atoms with Crippen LogP contribution in [-0.2, 0) is 10.2 Å². The zero-order chi connectivity index (χ0) is 16.0. The van der Waals surface area contributed by atoms with Crippen molar-refractivity contribution in [1.82, 2.24) is 4.98 Å². The molecule has 1 saturated carbocycles. The lowest BCUT2D eigenvalue weighted by atomic mass is 9.96. The van der Waals surface area contributed by atoms with Gasteiger partial charge in [-0.1, -0.05) is 35.3 Å². The van der Waals surface area contributed by atoms with Crippen molar-refractivity contribution >= 4 is 29.2 Å². The topological polar surface area (TPSA) is 59.4 Å². The number of aromatic nitrogens is 1. The highest BCUT2D eigenvalue weighted by Gasteiger charge is 2.72. The molecule has 1 aromatic heterocycles. The lowest BCUT2D eigenvalue weighted by Gasteiger charge is -2.14. The van der Waals surface area contributed by atoms with Gasteiger partial charge in [-0.2, -0.15) is 0 Å². The van der Waals surface area contributed by atoms with E-state index in [2.05, 4.69) is 4.98 Å². The number of benzene rings is 1. The minimum absolute atomic E-state index is 0.132. The molecule has 7 heteroatoms. The van der Waals surface area contributed by atoms with Crippen LogP contribution in [0.1, 0.15) is 12.0 Å². The average Bonchev–Trinajstić information content (AvgIpc) is 3.07. The predicted octanol–water partition coefficient (Wildman–Crippen LogP) is 3.91. The first-order valence-electron chi connectivity index (χ1n) is 6.37. The van der Waals surface area contributed by atoms with Crippen molar-refractivity contribution in [3.63, 3.8) is 0 Å². The molecule has 1 aliphatic rings. The van der Waals surface area contributed by atoms with E-state index in [1.165, 1.54) is 30.5 Å². The number of carboxylic acids is 1. The van der Waals surface area contributed by atoms with Crippen molar-refractivity contribution in [2.75, 3.05) is 0 Å². The fourth-order valence-corrected chi connectivity index (χ4v) is 3.10. The maximum Gasteiger partial charge on any atom is 0.317 e. The Labute approximate surface area is 135 Å². The second-order valence-corrected chi connectivity index (χ2v) is 6.49. The van der Waals surface area contributed by atoms with E-state index >= 15 is 0 Å². The van der Waals surface area contributed by atoms with Crippen LogP contribution in [0.2, 0.25) is 0 Å². The van der Waals surface area contributed by atoms with Gasteiger partial charge in [0.2, 0.25) is 0 Å². The summed E-state index contributed by atoms with van der Waals surface area (Å²) in [7, 11) is 0. The molecule has 3 rings (SSSR count). The zero-order valence-electron chi connectivity index (χ0n) is 11.1. The van der Waals surface area contributed by atoms with Gasteiger partial charge in [-0.25, -0.2) is 9.37 Å². The lowest BCUT2D eigenvalue weighted by Crippen LogP contribution is -2.26. The normalized spacial score (nSPS) is 22.1. The molecule has 0 saturated heterocycles. The van der Waals surface area contributed by atoms with Crippen molar-refractivity contribution in [1.29, 1.82) is 0 Å². The Morgan fingerprint density at radius 1 is 1.27 bits per heavy atom. The summed E-state index contributed by atoms with van der Waals surface area (Å²) < 4.78 is 17.4. The van der Waals surface area contributed by atoms with Crippen LogP contribution >= 0.6 is 23.2 Å². The van der Waals surface area contributed by atoms with E-state index < -0.39 is 21.5 Å². The first-order valence-corrected chi connectivity index (χ1v) is 7.12. The van der Waals surface area contributed by atoms with E-state index in [1.54, 1.807) is 12.1 Å². The van der Waals surface area contributed by atoms with Crippen molar-refractivity contribution in [2.24, 2.45) is 0 Å². The van der Waals surface area contributed by atoms with Gasteiger partial charge in [0.15, 0.2) is 5.82 Å². The summed E-state index contributed by atoms with van der Waals surface area (Å²) in [5.41, 5.74) is -0.843. The molecule has 0 spiro atoms. The summed E-state index contributed by atoms with van der Waals surface area (Å²) in [6, 6.07) is 8.84. The number of carbonyl (C=O) groups is 1. The van der Waals surface area contributed by atoms with Crippen molar-refractivity contribution in [3.8, 4) is 11.6 Å². The Bertz CT molecular complexity index is 736. The summed E-state index contributed by atoms with van der Waals surface area (Å²) >= 11 is 12.0. The molecular formula is C15H10Cl2FNO3. The first-order chi connectivity index (χ1) is 10.4. The largest absolute Gasteiger partial charge is 0.480 e. The highest BCUT2D eigenvalue weighted by molar-refractivity contribution is 6.54. The monoisotopic (exact) mass is 341 g/mol. The number of hydrogen-bond acceptors (Lipinski definition) is 3. The molecule has 1 aliphatic carbocycles. The van der Waals surface area contributed by atoms with Crippen LogP contribution in [-0.4, -0.2) is 20.4 Å². The number of halogens is 3. The number of carboxylic acid groups (broad SMARTS) is 1. The second kappa shape index (κ2) is 5.11. The summed E-state index contributed by atoms with van der Waals surface area (Å²) in [5, 5.41) is 9.37. The molecule has 4 nitrogen and oxygen atoms in total. The minimum Gasteiger partial charge on any atom is -0.480 e. The number of nitrogens with zero attached hydrogens (tertiary/aromatic N) is 1. The maximum absolute atomic E-state index is 13.5. The first kappa shape index (κ1) is 15.1. The lowest BCUT2D eigenvalue weighted by molar-refractivity contribution is -0.140. The third-order valence-electron chi connectivity index (χ3n) is 3.64. The molecule has 1 atom stereocenters. The maximum atomic E-state index is 13.5. The SMILES string of the molecule is O=C(O)C1(c2ccc(Oc3ncccc3F)cc2)CC1(Cl)Cl. The molecule has 0 radical (unpaired) electrons. The van der Waals surface area contributed by atoms with Gasteiger partial charge in [0, 0.05) is 12.6 Å². The number of hydrogen-bond donors (Lipinski definition) is 1. The summed E-state index contributed by atoms with van der Waals surface area (Å²) in [5.74, 6) is -1.49. The van der Waals surface area contributed by atoms with Gasteiger partial charge in [0.1, 0.15) is 15.5 Å². The number of aliphatic carboxylic acids is 1. The van der Waals surface area contributed by atoms with Crippen molar-refractivity contribution < 1.29 is 19.0 Å². The molecule has 2 aromatic rings. The zero-order valence-corrected chi connectivity index (χ0v) is 12.6. The van der Waals surface area contributed by atoms with Crippen LogP contribution in [0.3, 0.4) is 0 Å². The van der Waals surface area contributed by atoms with E-state index in [9.17, 15) is 14.3 Å². The van der Waals surface area contributed by atoms with Gasteiger partial charge >= 0.3 is 5.97 Å². The molecule has 114 valence electrons. The standard InChI is InChI=1S/C15H10Cl2FNO3/c16-15(17)8-14(15,13(20)21)9-3-5-10(6-4-9)22-12-11(18)2-1-7-19-12/h1-7H,8H2,(H,20,21). The Balaban J connectivity index is 1.85. The Hall–Kier alpha value is -1.85. The third-order valence-corrected chi connectivity index (χ3v) is 4.55. The molecule has 0 bridgehead atoms. The molecule has 1 heterocycles. The third kappa shape index (κ3) is 2.30. The highest BCUT2D eigenvalue weighted by atomic mass is 35.5. The molecule has 1 aromatic carbocycles. The van der Waals surface area contributed by atoms with E-state index in [-0.39, 0.29) is 12.3 Å². The quantitative estimate of drug-likeness (QED) is 0.856. The van der Waals surface area contributed by atoms with Gasteiger partial charge in [0.25, 0.3) is 5.88 Å². The van der Waals surface area contributed by atoms with Crippen molar-refractivity contribution in [2.45, 2.75) is 16.2 Å². The van der Waals surface area contributed by atoms with Crippen molar-refractivity contribution in [3.05, 3.63) is 54.0 Å². The molecule has 1 N–H and O–H groups in total. The van der Waals surface area contributed by atoms with Crippen LogP contribution in [0.4, 0.5) is 4.39 Å². The molecule has 0 amide bonds. The predicted molar refractivity (Wildman–Crippen MR) is 79.1 cm³/mol. The molecule has 0 aliphatic heterocycles. The fraction of sp³-hybridized carbons (Fsp3) is 0.200. The van der Waals surface area contributed by atoms with E-state index in [0.29, 0.717) is 11.3 Å². The second-order valence-electron chi connectivity index (χ2n) is 5.01. The fourth-order valence-electron chi connectivity index (χ4n) is 2.32. The number of ether oxygens (including phenoxy) is 1. The van der Waals surface area contributed by atoms with Gasteiger partial charge in [-0.3, -0.25) is 4.79 Å². The van der Waals surface area contributed by atoms with Crippen LogP contribution in [0.25, 0.3) is 0 Å². The van der Waals surface area contributed by atoms with Crippen LogP contribution in [0.5, 0.6) is 11.6 Å². The van der Waals surface area contributed by atoms with Gasteiger partial charge in [-0.05, 0) is 29.8 Å². The van der Waals surface area contributed by atoms with Crippen LogP contribution < -0.4 is 4.74 Å². The van der Waals surface area contributed by atoms with Crippen LogP contribution in [0.15, 0.2) is 42.6 Å². The minimum atomic E-state index is -1.33. The highest BCUT2D eigenvalue weighted by Crippen LogP contribution is 2.65. The van der Waals surface area contributed by atoms with Gasteiger partial charge < -0.3 is 9.84 Å². The van der Waals surface area contributed by atoms with Gasteiger partial charge in [-0.15, -0.1) is 0 Å². The van der Waals surface area contributed by atoms with E-state index in [1.807, 2.05) is 0 Å². The Kier molecular flexibility index (Phi) is 3.50. The summed E-state index contributed by atoms with van der Waals surface area (Å²) in [6.45, 7) is 0. The molecule has 1 fully saturated rings. The Morgan fingerprint density at radius 3 is 2.41 bits per heavy atom. The number of alkyl halides is 2. The molecule has 22 heavy (non-hydrogen) atoms. The number of pyridine rings is 1. The summed E-state index contributed by atoms with van der Waals surface area (Å²) in [4.78, 5) is 15.2. The van der Waals surface area contributed by atoms with E-state index in [4.69, 9.17) is 27.9 Å². The Morgan fingerprint density at radius 2 is 1.91 bits per heavy atom. The average molecular weight is 342 g/mol. The molecule has 1 unspecified atom stereocenters. The smallest absolute Gasteiger partial charge is 0.317 e. The van der Waals surface area contributed by atoms with Crippen LogP contribution in [0, 0.1) is 5.82 Å². The van der Waals surface area contributed by atoms with Gasteiger partial charge in [0.05, 0.1) is 0 Å². The van der Waals surface area contributed by atoms with E-state index in [0.717, 1.165) is 0 Å². The molecular weight excluding hydrogens is 332 g/mol. The number of rotatable bonds is 4. The summed E-state index contributed by atoms with van der Waals surface area (Å²) in [6.07, 6.45) is 1.54.